The molecule has 1 aromatic rings. The average molecular weight is 293 g/mol. The van der Waals surface area contributed by atoms with E-state index in [0.717, 1.165) is 24.1 Å². The maximum atomic E-state index is 11.6. The number of carboxylic acids is 1. The van der Waals surface area contributed by atoms with Gasteiger partial charge in [0.25, 0.3) is 0 Å². The third-order valence-electron chi connectivity index (χ3n) is 3.62. The molecule has 0 spiro atoms. The number of nitrogens with zero attached hydrogens (tertiary/aromatic N) is 2. The van der Waals surface area contributed by atoms with Gasteiger partial charge in [-0.05, 0) is 44.1 Å². The van der Waals surface area contributed by atoms with E-state index in [0.29, 0.717) is 24.6 Å². The lowest BCUT2D eigenvalue weighted by molar-refractivity contribution is 0.0696. The van der Waals surface area contributed by atoms with Crippen molar-refractivity contribution in [3.8, 4) is 0 Å². The highest BCUT2D eigenvalue weighted by Crippen LogP contribution is 2.22. The first kappa shape index (κ1) is 17.4. The van der Waals surface area contributed by atoms with Crippen LogP contribution in [0.5, 0.6) is 0 Å². The van der Waals surface area contributed by atoms with Gasteiger partial charge in [0.1, 0.15) is 5.56 Å². The van der Waals surface area contributed by atoms with Crippen molar-refractivity contribution >= 4 is 11.8 Å². The number of aryl methyl sites for hydroxylation is 1. The van der Waals surface area contributed by atoms with Gasteiger partial charge in [0.05, 0.1) is 5.69 Å². The average Bonchev–Trinajstić information content (AvgIpc) is 2.44. The van der Waals surface area contributed by atoms with E-state index in [1.807, 2.05) is 13.8 Å². The predicted molar refractivity (Wildman–Crippen MR) is 84.9 cm³/mol. The Morgan fingerprint density at radius 3 is 2.29 bits per heavy atom. The van der Waals surface area contributed by atoms with Crippen molar-refractivity contribution < 1.29 is 9.90 Å². The Bertz CT molecular complexity index is 487. The summed E-state index contributed by atoms with van der Waals surface area (Å²) in [4.78, 5) is 11.6. The lowest BCUT2D eigenvalue weighted by Gasteiger charge is -2.18. The topological polar surface area (TPSA) is 75.1 Å². The van der Waals surface area contributed by atoms with Crippen LogP contribution in [0, 0.1) is 5.92 Å². The summed E-state index contributed by atoms with van der Waals surface area (Å²) in [6, 6.07) is 0.178. The normalized spacial score (nSPS) is 12.5. The second-order valence-electron chi connectivity index (χ2n) is 5.88. The van der Waals surface area contributed by atoms with Crippen LogP contribution < -0.4 is 5.32 Å². The fourth-order valence-corrected chi connectivity index (χ4v) is 2.39. The van der Waals surface area contributed by atoms with Crippen LogP contribution in [0.25, 0.3) is 0 Å². The summed E-state index contributed by atoms with van der Waals surface area (Å²) in [5.74, 6) is 0.0933. The maximum Gasteiger partial charge on any atom is 0.339 e. The number of rotatable bonds is 8. The number of nitrogens with one attached hydrogen (secondary N) is 1. The number of anilines is 1. The van der Waals surface area contributed by atoms with Crippen molar-refractivity contribution in [1.29, 1.82) is 0 Å². The molecule has 0 amide bonds. The first-order chi connectivity index (χ1) is 9.90. The van der Waals surface area contributed by atoms with Gasteiger partial charge < -0.3 is 10.4 Å². The summed E-state index contributed by atoms with van der Waals surface area (Å²) in [7, 11) is 0. The molecular formula is C16H27N3O2. The van der Waals surface area contributed by atoms with Gasteiger partial charge in [-0.3, -0.25) is 0 Å². The van der Waals surface area contributed by atoms with Gasteiger partial charge in [0, 0.05) is 6.04 Å². The van der Waals surface area contributed by atoms with E-state index >= 15 is 0 Å². The summed E-state index contributed by atoms with van der Waals surface area (Å²) in [5.41, 5.74) is 1.84. The molecule has 1 atom stereocenters. The highest BCUT2D eigenvalue weighted by molar-refractivity contribution is 5.95. The maximum absolute atomic E-state index is 11.6. The summed E-state index contributed by atoms with van der Waals surface area (Å²) < 4.78 is 0. The zero-order chi connectivity index (χ0) is 16.0. The number of aromatic nitrogens is 2. The zero-order valence-electron chi connectivity index (χ0n) is 13.7. The van der Waals surface area contributed by atoms with Crippen LogP contribution in [0.15, 0.2) is 0 Å². The van der Waals surface area contributed by atoms with E-state index in [9.17, 15) is 9.90 Å². The molecule has 0 saturated carbocycles. The number of aromatic carboxylic acids is 1. The highest BCUT2D eigenvalue weighted by Gasteiger charge is 2.21. The van der Waals surface area contributed by atoms with Gasteiger partial charge >= 0.3 is 5.97 Å². The molecule has 2 N–H and O–H groups in total. The Kier molecular flexibility index (Phi) is 6.59. The minimum Gasteiger partial charge on any atom is -0.478 e. The molecule has 1 heterocycles. The van der Waals surface area contributed by atoms with E-state index in [2.05, 4.69) is 36.3 Å². The fourth-order valence-electron chi connectivity index (χ4n) is 2.39. The first-order valence-corrected chi connectivity index (χ1v) is 7.78. The van der Waals surface area contributed by atoms with Crippen LogP contribution in [0.1, 0.15) is 69.1 Å². The van der Waals surface area contributed by atoms with Gasteiger partial charge in [-0.1, -0.05) is 27.7 Å². The molecule has 0 radical (unpaired) electrons. The first-order valence-electron chi connectivity index (χ1n) is 7.78. The zero-order valence-corrected chi connectivity index (χ0v) is 13.7. The third-order valence-corrected chi connectivity index (χ3v) is 3.62. The van der Waals surface area contributed by atoms with Crippen molar-refractivity contribution in [3.05, 3.63) is 16.8 Å². The molecule has 118 valence electrons. The highest BCUT2D eigenvalue weighted by atomic mass is 16.4. The Labute approximate surface area is 127 Å². The summed E-state index contributed by atoms with van der Waals surface area (Å²) in [6.07, 6.45) is 3.42. The largest absolute Gasteiger partial charge is 0.478 e. The predicted octanol–water partition coefficient (Wildman–Crippen LogP) is 3.54. The minimum atomic E-state index is -0.935. The summed E-state index contributed by atoms with van der Waals surface area (Å²) in [6.45, 7) is 10.3. The molecule has 1 rings (SSSR count). The molecule has 5 heteroatoms. The Balaban J connectivity index is 3.04. The SMILES string of the molecule is CCc1nnc(NC(C)CCC(C)C)c(C(=O)O)c1CC. The van der Waals surface area contributed by atoms with Crippen LogP contribution in [0.3, 0.4) is 0 Å². The van der Waals surface area contributed by atoms with E-state index in [1.54, 1.807) is 0 Å². The van der Waals surface area contributed by atoms with Crippen molar-refractivity contribution in [2.45, 2.75) is 66.3 Å². The van der Waals surface area contributed by atoms with Crippen LogP contribution in [-0.2, 0) is 12.8 Å². The molecule has 1 aromatic heterocycles. The molecule has 5 nitrogen and oxygen atoms in total. The number of carboxylic acid groups (broad SMARTS) is 1. The Morgan fingerprint density at radius 1 is 1.14 bits per heavy atom. The minimum absolute atomic E-state index is 0.178. The summed E-state index contributed by atoms with van der Waals surface area (Å²) in [5, 5.41) is 21.0. The molecule has 0 aliphatic rings. The van der Waals surface area contributed by atoms with E-state index in [-0.39, 0.29) is 11.6 Å². The molecule has 0 bridgehead atoms. The van der Waals surface area contributed by atoms with Gasteiger partial charge in [-0.15, -0.1) is 5.10 Å². The lowest BCUT2D eigenvalue weighted by atomic mass is 10.0. The number of hydrogen-bond acceptors (Lipinski definition) is 4. The van der Waals surface area contributed by atoms with E-state index in [4.69, 9.17) is 0 Å². The van der Waals surface area contributed by atoms with Crippen molar-refractivity contribution in [2.24, 2.45) is 5.92 Å². The molecule has 1 unspecified atom stereocenters. The monoisotopic (exact) mass is 293 g/mol. The number of hydrogen-bond donors (Lipinski definition) is 2. The molecule has 0 aromatic carbocycles. The fraction of sp³-hybridized carbons (Fsp3) is 0.688. The standard InChI is InChI=1S/C16H27N3O2/c1-6-12-13(7-2)18-19-15(14(12)16(20)21)17-11(5)9-8-10(3)4/h10-11H,6-9H2,1-5H3,(H,17,19)(H,20,21). The quantitative estimate of drug-likeness (QED) is 0.767. The lowest BCUT2D eigenvalue weighted by Crippen LogP contribution is -2.21. The van der Waals surface area contributed by atoms with E-state index < -0.39 is 5.97 Å². The van der Waals surface area contributed by atoms with Crippen molar-refractivity contribution in [1.82, 2.24) is 10.2 Å². The van der Waals surface area contributed by atoms with Crippen molar-refractivity contribution in [2.75, 3.05) is 5.32 Å². The number of carbonyl (C=O) groups is 1. The second kappa shape index (κ2) is 7.96. The molecule has 21 heavy (non-hydrogen) atoms. The van der Waals surface area contributed by atoms with Crippen molar-refractivity contribution in [3.63, 3.8) is 0 Å². The van der Waals surface area contributed by atoms with Crippen LogP contribution in [0.4, 0.5) is 5.82 Å². The molecule has 0 saturated heterocycles. The van der Waals surface area contributed by atoms with Crippen LogP contribution in [-0.4, -0.2) is 27.3 Å². The second-order valence-corrected chi connectivity index (χ2v) is 5.88. The van der Waals surface area contributed by atoms with Crippen LogP contribution >= 0.6 is 0 Å². The molecule has 0 fully saturated rings. The van der Waals surface area contributed by atoms with Gasteiger partial charge in [0.15, 0.2) is 5.82 Å². The molecule has 0 aliphatic heterocycles. The van der Waals surface area contributed by atoms with Crippen LogP contribution in [0.2, 0.25) is 0 Å². The third kappa shape index (κ3) is 4.69. The van der Waals surface area contributed by atoms with Gasteiger partial charge in [-0.25, -0.2) is 4.79 Å². The smallest absolute Gasteiger partial charge is 0.339 e. The molecular weight excluding hydrogens is 266 g/mol. The van der Waals surface area contributed by atoms with E-state index in [1.165, 1.54) is 0 Å². The summed E-state index contributed by atoms with van der Waals surface area (Å²) >= 11 is 0. The van der Waals surface area contributed by atoms with Gasteiger partial charge in [0.2, 0.25) is 0 Å². The Hall–Kier alpha value is -1.65. The van der Waals surface area contributed by atoms with Gasteiger partial charge in [-0.2, -0.15) is 5.10 Å². The molecule has 0 aliphatic carbocycles. The Morgan fingerprint density at radius 2 is 1.81 bits per heavy atom.